The number of hydrogen-bond donors (Lipinski definition) is 1. The van der Waals surface area contributed by atoms with Gasteiger partial charge in [-0.25, -0.2) is 36.2 Å². The van der Waals surface area contributed by atoms with Crippen LogP contribution in [0.1, 0.15) is 56.1 Å². The van der Waals surface area contributed by atoms with Crippen molar-refractivity contribution in [2.24, 2.45) is 4.36 Å². The number of anilines is 2. The number of alkyl halides is 2. The van der Waals surface area contributed by atoms with Crippen molar-refractivity contribution in [3.63, 3.8) is 0 Å². The standard InChI is InChI=1S/C25H33F2N5O6S2/c1-16-19(20(30-22(28-16)40(6,36)37)32-13-8-11-25(26,27)12-14-32)21(33)29-17-9-7-10-18(15-17)39(5,35)31-23(34)38-24(2,3)4/h7,9-10,15H,8,11-14H2,1-6H3,(H,29,33)/t39-/m1/s1. The third-order valence-corrected chi connectivity index (χ3v) is 8.27. The summed E-state index contributed by atoms with van der Waals surface area (Å²) in [6.07, 6.45) is 0.454. The normalized spacial score (nSPS) is 17.4. The minimum Gasteiger partial charge on any atom is -0.442 e. The fraction of sp³-hybridized carbons (Fsp3) is 0.520. The van der Waals surface area contributed by atoms with Gasteiger partial charge in [-0.15, -0.1) is 4.36 Å². The van der Waals surface area contributed by atoms with E-state index in [1.54, 1.807) is 20.8 Å². The maximum Gasteiger partial charge on any atom is 0.442 e. The molecule has 1 aliphatic rings. The molecular formula is C25H33F2N5O6S2. The van der Waals surface area contributed by atoms with Crippen LogP contribution in [0.5, 0.6) is 0 Å². The first kappa shape index (κ1) is 31.3. The zero-order valence-electron chi connectivity index (χ0n) is 23.2. The van der Waals surface area contributed by atoms with Gasteiger partial charge in [0.05, 0.1) is 15.4 Å². The van der Waals surface area contributed by atoms with E-state index in [-0.39, 0.29) is 53.6 Å². The fourth-order valence-electron chi connectivity index (χ4n) is 3.95. The Kier molecular flexibility index (Phi) is 8.89. The number of carbonyl (C=O) groups is 2. The highest BCUT2D eigenvalue weighted by Crippen LogP contribution is 2.32. The molecule has 40 heavy (non-hydrogen) atoms. The summed E-state index contributed by atoms with van der Waals surface area (Å²) >= 11 is 0. The summed E-state index contributed by atoms with van der Waals surface area (Å²) in [4.78, 5) is 35.3. The van der Waals surface area contributed by atoms with Gasteiger partial charge >= 0.3 is 6.09 Å². The number of nitrogens with zero attached hydrogens (tertiary/aromatic N) is 4. The molecule has 2 heterocycles. The highest BCUT2D eigenvalue weighted by Gasteiger charge is 2.34. The molecule has 0 radical (unpaired) electrons. The molecule has 1 aromatic heterocycles. The highest BCUT2D eigenvalue weighted by molar-refractivity contribution is 7.93. The van der Waals surface area contributed by atoms with E-state index in [0.717, 1.165) is 6.26 Å². The molecule has 1 saturated heterocycles. The van der Waals surface area contributed by atoms with E-state index in [9.17, 15) is 31.0 Å². The van der Waals surface area contributed by atoms with Gasteiger partial charge in [-0.05, 0) is 52.3 Å². The van der Waals surface area contributed by atoms with Gasteiger partial charge in [0, 0.05) is 49.0 Å². The van der Waals surface area contributed by atoms with Crippen LogP contribution in [-0.4, -0.2) is 71.7 Å². The Labute approximate surface area is 232 Å². The number of sulfone groups is 1. The summed E-state index contributed by atoms with van der Waals surface area (Å²) in [7, 11) is -7.12. The number of aromatic nitrogens is 2. The lowest BCUT2D eigenvalue weighted by Crippen LogP contribution is -2.31. The van der Waals surface area contributed by atoms with Crippen LogP contribution in [0.2, 0.25) is 0 Å². The summed E-state index contributed by atoms with van der Waals surface area (Å²) in [6.45, 7) is 6.35. The number of carbonyl (C=O) groups excluding carboxylic acids is 2. The van der Waals surface area contributed by atoms with E-state index < -0.39 is 54.7 Å². The maximum atomic E-state index is 14.0. The van der Waals surface area contributed by atoms with Gasteiger partial charge in [0.25, 0.3) is 5.91 Å². The Morgan fingerprint density at radius 1 is 1.10 bits per heavy atom. The Balaban J connectivity index is 2.00. The molecule has 0 saturated carbocycles. The number of halogens is 2. The van der Waals surface area contributed by atoms with Crippen molar-refractivity contribution < 1.29 is 35.7 Å². The molecule has 0 spiro atoms. The molecule has 2 amide bonds. The average molecular weight is 602 g/mol. The van der Waals surface area contributed by atoms with Gasteiger partial charge in [-0.3, -0.25) is 4.79 Å². The highest BCUT2D eigenvalue weighted by atomic mass is 32.2. The molecular weight excluding hydrogens is 568 g/mol. The minimum atomic E-state index is -3.87. The van der Waals surface area contributed by atoms with Gasteiger partial charge in [0.1, 0.15) is 17.0 Å². The van der Waals surface area contributed by atoms with E-state index in [4.69, 9.17) is 4.74 Å². The van der Waals surface area contributed by atoms with Crippen LogP contribution in [-0.2, 0) is 24.3 Å². The van der Waals surface area contributed by atoms with Gasteiger partial charge in [-0.2, -0.15) is 0 Å². The smallest absolute Gasteiger partial charge is 0.442 e. The number of amides is 2. The summed E-state index contributed by atoms with van der Waals surface area (Å²) in [6, 6.07) is 5.87. The fourth-order valence-corrected chi connectivity index (χ4v) is 5.61. The first-order chi connectivity index (χ1) is 18.3. The molecule has 0 bridgehead atoms. The van der Waals surface area contributed by atoms with Crippen molar-refractivity contribution in [3.05, 3.63) is 35.5 Å². The second kappa shape index (κ2) is 11.4. The van der Waals surface area contributed by atoms with Crippen LogP contribution < -0.4 is 10.2 Å². The molecule has 1 aliphatic heterocycles. The lowest BCUT2D eigenvalue weighted by molar-refractivity contribution is -0.0102. The number of ether oxygens (including phenoxy) is 1. The molecule has 1 N–H and O–H groups in total. The van der Waals surface area contributed by atoms with Gasteiger partial charge in [0.2, 0.25) is 20.9 Å². The summed E-state index contributed by atoms with van der Waals surface area (Å²) in [5.74, 6) is -3.69. The average Bonchev–Trinajstić information content (AvgIpc) is 2.96. The maximum absolute atomic E-state index is 14.0. The van der Waals surface area contributed by atoms with Crippen molar-refractivity contribution >= 4 is 43.1 Å². The van der Waals surface area contributed by atoms with Crippen LogP contribution in [0.25, 0.3) is 0 Å². The Morgan fingerprint density at radius 3 is 2.40 bits per heavy atom. The first-order valence-electron chi connectivity index (χ1n) is 12.4. The van der Waals surface area contributed by atoms with Crippen molar-refractivity contribution in [3.8, 4) is 0 Å². The zero-order valence-corrected chi connectivity index (χ0v) is 24.8. The lowest BCUT2D eigenvalue weighted by atomic mass is 10.1. The Hall–Kier alpha value is -3.20. The minimum absolute atomic E-state index is 0.0364. The van der Waals surface area contributed by atoms with Crippen LogP contribution >= 0.6 is 0 Å². The molecule has 1 atom stereocenters. The molecule has 220 valence electrons. The predicted octanol–water partition coefficient (Wildman–Crippen LogP) is 4.46. The van der Waals surface area contributed by atoms with Crippen LogP contribution in [0.3, 0.4) is 0 Å². The molecule has 15 heteroatoms. The van der Waals surface area contributed by atoms with Crippen LogP contribution in [0.4, 0.5) is 25.1 Å². The monoisotopic (exact) mass is 601 g/mol. The molecule has 1 fully saturated rings. The van der Waals surface area contributed by atoms with Crippen molar-refractivity contribution in [1.29, 1.82) is 0 Å². The number of rotatable bonds is 5. The van der Waals surface area contributed by atoms with E-state index in [1.165, 1.54) is 42.3 Å². The second-order valence-corrected chi connectivity index (χ2v) is 14.8. The summed E-state index contributed by atoms with van der Waals surface area (Å²) in [5, 5.41) is 2.12. The van der Waals surface area contributed by atoms with Crippen LogP contribution in [0, 0.1) is 6.92 Å². The molecule has 2 aromatic rings. The van der Waals surface area contributed by atoms with Crippen molar-refractivity contribution in [1.82, 2.24) is 9.97 Å². The number of benzene rings is 1. The first-order valence-corrected chi connectivity index (χ1v) is 16.2. The molecule has 0 aliphatic carbocycles. The van der Waals surface area contributed by atoms with Crippen molar-refractivity contribution in [2.75, 3.05) is 35.8 Å². The zero-order chi connectivity index (χ0) is 30.1. The van der Waals surface area contributed by atoms with Gasteiger partial charge in [-0.1, -0.05) is 6.07 Å². The quantitative estimate of drug-likeness (QED) is 0.491. The van der Waals surface area contributed by atoms with E-state index in [2.05, 4.69) is 19.6 Å². The van der Waals surface area contributed by atoms with Gasteiger partial charge in [0.15, 0.2) is 0 Å². The number of hydrogen-bond acceptors (Lipinski definition) is 9. The second-order valence-electron chi connectivity index (χ2n) is 10.6. The van der Waals surface area contributed by atoms with Crippen molar-refractivity contribution in [2.45, 2.75) is 68.5 Å². The summed E-state index contributed by atoms with van der Waals surface area (Å²) in [5.41, 5.74) is -0.691. The van der Waals surface area contributed by atoms with E-state index in [0.29, 0.717) is 0 Å². The number of aryl methyl sites for hydroxylation is 1. The topological polar surface area (TPSA) is 148 Å². The Bertz CT molecular complexity index is 1550. The molecule has 3 rings (SSSR count). The van der Waals surface area contributed by atoms with Crippen LogP contribution in [0.15, 0.2) is 38.7 Å². The Morgan fingerprint density at radius 2 is 1.77 bits per heavy atom. The summed E-state index contributed by atoms with van der Waals surface area (Å²) < 4.78 is 74.5. The third-order valence-electron chi connectivity index (χ3n) is 5.80. The molecule has 1 aromatic carbocycles. The number of nitrogens with one attached hydrogen (secondary N) is 1. The predicted molar refractivity (Wildman–Crippen MR) is 146 cm³/mol. The molecule has 0 unspecified atom stereocenters. The van der Waals surface area contributed by atoms with Gasteiger partial charge < -0.3 is 15.0 Å². The third kappa shape index (κ3) is 8.16. The largest absolute Gasteiger partial charge is 0.442 e. The molecule has 11 nitrogen and oxygen atoms in total. The SMILES string of the molecule is Cc1nc(S(C)(=O)=O)nc(N2CCCC(F)(F)CC2)c1C(=O)Nc1cccc([S@@](C)(=O)=NC(=O)OC(C)(C)C)c1. The lowest BCUT2D eigenvalue weighted by Gasteiger charge is -2.25. The van der Waals surface area contributed by atoms with E-state index in [1.807, 2.05) is 0 Å². The van der Waals surface area contributed by atoms with E-state index >= 15 is 0 Å².